The van der Waals surface area contributed by atoms with E-state index in [-0.39, 0.29) is 11.1 Å². The van der Waals surface area contributed by atoms with Crippen LogP contribution >= 0.6 is 15.9 Å². The lowest BCUT2D eigenvalue weighted by Gasteiger charge is -1.99. The van der Waals surface area contributed by atoms with Crippen molar-refractivity contribution in [3.63, 3.8) is 0 Å². The molecule has 0 saturated carbocycles. The van der Waals surface area contributed by atoms with Gasteiger partial charge in [-0.3, -0.25) is 0 Å². The fourth-order valence-corrected chi connectivity index (χ4v) is 1.19. The molecule has 0 aliphatic rings. The van der Waals surface area contributed by atoms with E-state index in [1.807, 2.05) is 0 Å². The van der Waals surface area contributed by atoms with Crippen molar-refractivity contribution < 1.29 is 13.9 Å². The van der Waals surface area contributed by atoms with Crippen LogP contribution in [0.15, 0.2) is 22.7 Å². The quantitative estimate of drug-likeness (QED) is 0.830. The molecular weight excluding hydrogens is 254 g/mol. The molecule has 14 heavy (non-hydrogen) atoms. The third-order valence-corrected chi connectivity index (χ3v) is 2.37. The van der Waals surface area contributed by atoms with E-state index >= 15 is 0 Å². The second kappa shape index (κ2) is 5.22. The van der Waals surface area contributed by atoms with Crippen molar-refractivity contribution >= 4 is 22.0 Å². The van der Waals surface area contributed by atoms with Crippen LogP contribution in [0.5, 0.6) is 0 Å². The number of aliphatic hydroxyl groups excluding tert-OH is 1. The van der Waals surface area contributed by atoms with Gasteiger partial charge in [0.1, 0.15) is 11.6 Å². The fourth-order valence-electron chi connectivity index (χ4n) is 0.965. The van der Waals surface area contributed by atoms with Gasteiger partial charge in [-0.2, -0.15) is 0 Å². The smallest absolute Gasteiger partial charge is 0.140 e. The van der Waals surface area contributed by atoms with Crippen LogP contribution in [-0.2, 0) is 0 Å². The molecule has 1 rings (SSSR count). The Morgan fingerprint density at radius 1 is 1.29 bits per heavy atom. The maximum atomic E-state index is 13.0. The SMILES string of the molecule is OCCC=Cc1cc(F)c(Br)c(F)c1. The lowest BCUT2D eigenvalue weighted by molar-refractivity contribution is 0.303. The fraction of sp³-hybridized carbons (Fsp3) is 0.200. The van der Waals surface area contributed by atoms with Crippen molar-refractivity contribution in [1.82, 2.24) is 0 Å². The summed E-state index contributed by atoms with van der Waals surface area (Å²) >= 11 is 2.78. The highest BCUT2D eigenvalue weighted by Gasteiger charge is 2.06. The summed E-state index contributed by atoms with van der Waals surface area (Å²) in [6, 6.07) is 2.45. The van der Waals surface area contributed by atoms with Gasteiger partial charge in [0.05, 0.1) is 4.47 Å². The molecule has 1 aromatic carbocycles. The molecule has 76 valence electrons. The highest BCUT2D eigenvalue weighted by atomic mass is 79.9. The maximum absolute atomic E-state index is 13.0. The van der Waals surface area contributed by atoms with E-state index in [0.717, 1.165) is 0 Å². The monoisotopic (exact) mass is 262 g/mol. The van der Waals surface area contributed by atoms with Crippen LogP contribution in [0.4, 0.5) is 8.78 Å². The molecule has 1 N–H and O–H groups in total. The topological polar surface area (TPSA) is 20.2 Å². The van der Waals surface area contributed by atoms with Crippen molar-refractivity contribution in [2.24, 2.45) is 0 Å². The molecule has 0 saturated heterocycles. The molecule has 0 aliphatic carbocycles. The molecule has 0 atom stereocenters. The molecule has 0 fully saturated rings. The molecule has 0 bridgehead atoms. The Labute approximate surface area is 89.2 Å². The predicted molar refractivity (Wildman–Crippen MR) is 54.8 cm³/mol. The minimum atomic E-state index is -0.631. The van der Waals surface area contributed by atoms with Crippen LogP contribution in [0.1, 0.15) is 12.0 Å². The molecule has 0 aromatic heterocycles. The highest BCUT2D eigenvalue weighted by molar-refractivity contribution is 9.10. The molecule has 4 heteroatoms. The van der Waals surface area contributed by atoms with E-state index in [1.54, 1.807) is 12.2 Å². The van der Waals surface area contributed by atoms with Crippen LogP contribution in [0.2, 0.25) is 0 Å². The summed E-state index contributed by atoms with van der Waals surface area (Å²) in [6.45, 7) is 0.0258. The highest BCUT2D eigenvalue weighted by Crippen LogP contribution is 2.21. The van der Waals surface area contributed by atoms with Crippen molar-refractivity contribution in [3.05, 3.63) is 39.9 Å². The molecule has 0 unspecified atom stereocenters. The van der Waals surface area contributed by atoms with E-state index in [2.05, 4.69) is 15.9 Å². The summed E-state index contributed by atoms with van der Waals surface area (Å²) in [5.74, 6) is -1.26. The average Bonchev–Trinajstić information content (AvgIpc) is 2.14. The summed E-state index contributed by atoms with van der Waals surface area (Å²) in [6.07, 6.45) is 3.69. The zero-order chi connectivity index (χ0) is 10.6. The minimum Gasteiger partial charge on any atom is -0.396 e. The minimum absolute atomic E-state index is 0.0258. The van der Waals surface area contributed by atoms with Crippen LogP contribution < -0.4 is 0 Å². The van der Waals surface area contributed by atoms with Crippen molar-refractivity contribution in [2.75, 3.05) is 6.61 Å². The van der Waals surface area contributed by atoms with E-state index in [0.29, 0.717) is 12.0 Å². The first kappa shape index (κ1) is 11.3. The summed E-state index contributed by atoms with van der Waals surface area (Å²) in [5.41, 5.74) is 0.441. The zero-order valence-corrected chi connectivity index (χ0v) is 8.89. The normalized spacial score (nSPS) is 11.1. The lowest BCUT2D eigenvalue weighted by Crippen LogP contribution is -1.86. The number of hydrogen-bond donors (Lipinski definition) is 1. The van der Waals surface area contributed by atoms with Crippen molar-refractivity contribution in [1.29, 1.82) is 0 Å². The average molecular weight is 263 g/mol. The zero-order valence-electron chi connectivity index (χ0n) is 7.30. The van der Waals surface area contributed by atoms with Gasteiger partial charge in [-0.15, -0.1) is 0 Å². The van der Waals surface area contributed by atoms with Gasteiger partial charge in [-0.05, 0) is 40.0 Å². The molecule has 0 amide bonds. The van der Waals surface area contributed by atoms with Gasteiger partial charge in [0.25, 0.3) is 0 Å². The first-order valence-electron chi connectivity index (χ1n) is 4.07. The summed E-state index contributed by atoms with van der Waals surface area (Å²) in [5, 5.41) is 8.49. The maximum Gasteiger partial charge on any atom is 0.140 e. The van der Waals surface area contributed by atoms with Crippen LogP contribution in [0, 0.1) is 11.6 Å². The van der Waals surface area contributed by atoms with Gasteiger partial charge >= 0.3 is 0 Å². The van der Waals surface area contributed by atoms with Gasteiger partial charge < -0.3 is 5.11 Å². The number of benzene rings is 1. The largest absolute Gasteiger partial charge is 0.396 e. The molecule has 1 aromatic rings. The number of hydrogen-bond acceptors (Lipinski definition) is 1. The summed E-state index contributed by atoms with van der Waals surface area (Å²) < 4.78 is 25.8. The third-order valence-electron chi connectivity index (χ3n) is 1.61. The number of rotatable bonds is 3. The molecule has 0 aliphatic heterocycles. The Kier molecular flexibility index (Phi) is 4.22. The third kappa shape index (κ3) is 2.89. The second-order valence-corrected chi connectivity index (χ2v) is 3.51. The lowest BCUT2D eigenvalue weighted by atomic mass is 10.2. The molecule has 0 spiro atoms. The molecule has 0 radical (unpaired) electrons. The number of halogens is 3. The Bertz CT molecular complexity index is 327. The van der Waals surface area contributed by atoms with Crippen LogP contribution in [0.25, 0.3) is 6.08 Å². The van der Waals surface area contributed by atoms with Gasteiger partial charge in [0, 0.05) is 6.61 Å². The summed E-state index contributed by atoms with van der Waals surface area (Å²) in [4.78, 5) is 0. The summed E-state index contributed by atoms with van der Waals surface area (Å²) in [7, 11) is 0. The second-order valence-electron chi connectivity index (χ2n) is 2.71. The van der Waals surface area contributed by atoms with Gasteiger partial charge in [0.2, 0.25) is 0 Å². The Hall–Kier alpha value is -0.740. The number of aliphatic hydroxyl groups is 1. The van der Waals surface area contributed by atoms with Gasteiger partial charge in [0.15, 0.2) is 0 Å². The van der Waals surface area contributed by atoms with Crippen LogP contribution in [0.3, 0.4) is 0 Å². The van der Waals surface area contributed by atoms with E-state index in [9.17, 15) is 8.78 Å². The first-order valence-corrected chi connectivity index (χ1v) is 4.86. The van der Waals surface area contributed by atoms with E-state index in [1.165, 1.54) is 12.1 Å². The van der Waals surface area contributed by atoms with E-state index in [4.69, 9.17) is 5.11 Å². The molecular formula is C10H9BrF2O. The van der Waals surface area contributed by atoms with Gasteiger partial charge in [-0.25, -0.2) is 8.78 Å². The van der Waals surface area contributed by atoms with Crippen molar-refractivity contribution in [3.8, 4) is 0 Å². The van der Waals surface area contributed by atoms with Gasteiger partial charge in [-0.1, -0.05) is 12.2 Å². The Morgan fingerprint density at radius 3 is 2.36 bits per heavy atom. The van der Waals surface area contributed by atoms with Crippen molar-refractivity contribution in [2.45, 2.75) is 6.42 Å². The van der Waals surface area contributed by atoms with E-state index < -0.39 is 11.6 Å². The predicted octanol–water partition coefficient (Wildman–Crippen LogP) is 3.12. The molecule has 0 heterocycles. The first-order chi connectivity index (χ1) is 6.65. The molecule has 1 nitrogen and oxygen atoms in total. The Morgan fingerprint density at radius 2 is 1.86 bits per heavy atom. The Balaban J connectivity index is 2.89. The standard InChI is InChI=1S/C10H9BrF2O/c11-10-8(12)5-7(6-9(10)13)3-1-2-4-14/h1,3,5-6,14H,2,4H2. The van der Waals surface area contributed by atoms with Crippen LogP contribution in [-0.4, -0.2) is 11.7 Å².